The first-order chi connectivity index (χ1) is 12.7. The van der Waals surface area contributed by atoms with Crippen LogP contribution in [0.25, 0.3) is 0 Å². The summed E-state index contributed by atoms with van der Waals surface area (Å²) in [4.78, 5) is 10.8. The molecular formula is C21H28N4O. The lowest BCUT2D eigenvalue weighted by Crippen LogP contribution is -2.54. The third-order valence-corrected chi connectivity index (χ3v) is 6.07. The second-order valence-corrected chi connectivity index (χ2v) is 7.75. The van der Waals surface area contributed by atoms with Crippen LogP contribution in [0.2, 0.25) is 0 Å². The molecule has 0 saturated heterocycles. The lowest BCUT2D eigenvalue weighted by atomic mass is 9.60. The molecule has 2 saturated carbocycles. The molecule has 138 valence electrons. The number of rotatable bonds is 6. The summed E-state index contributed by atoms with van der Waals surface area (Å²) in [6.45, 7) is 0.828. The summed E-state index contributed by atoms with van der Waals surface area (Å²) in [6, 6.07) is 9.19. The van der Waals surface area contributed by atoms with E-state index in [0.29, 0.717) is 12.0 Å². The molecule has 1 N–H and O–H groups in total. The van der Waals surface area contributed by atoms with Gasteiger partial charge in [-0.1, -0.05) is 18.6 Å². The zero-order valence-electron chi connectivity index (χ0n) is 15.9. The summed E-state index contributed by atoms with van der Waals surface area (Å²) in [7, 11) is 5.64. The Morgan fingerprint density at radius 3 is 2.42 bits per heavy atom. The number of hydrogen-bond acceptors (Lipinski definition) is 5. The molecule has 4 rings (SSSR count). The molecule has 5 heteroatoms. The van der Waals surface area contributed by atoms with E-state index < -0.39 is 0 Å². The van der Waals surface area contributed by atoms with E-state index in [0.717, 1.165) is 35.6 Å². The Kier molecular flexibility index (Phi) is 4.81. The van der Waals surface area contributed by atoms with Gasteiger partial charge >= 0.3 is 0 Å². The van der Waals surface area contributed by atoms with Crippen LogP contribution in [-0.4, -0.2) is 37.2 Å². The molecule has 1 aromatic carbocycles. The van der Waals surface area contributed by atoms with Crippen molar-refractivity contribution in [3.8, 4) is 5.75 Å². The highest BCUT2D eigenvalue weighted by atomic mass is 16.5. The van der Waals surface area contributed by atoms with Crippen LogP contribution in [0, 0.1) is 11.8 Å². The summed E-state index contributed by atoms with van der Waals surface area (Å²) in [5, 5.41) is 3.81. The number of ether oxygens (including phenoxy) is 1. The van der Waals surface area contributed by atoms with E-state index in [4.69, 9.17) is 4.74 Å². The number of fused-ring (bicyclic) bond motifs is 1. The molecule has 26 heavy (non-hydrogen) atoms. The molecule has 2 aromatic rings. The minimum Gasteiger partial charge on any atom is -0.497 e. The summed E-state index contributed by atoms with van der Waals surface area (Å²) in [5.41, 5.74) is 2.58. The first-order valence-corrected chi connectivity index (χ1v) is 9.53. The highest BCUT2D eigenvalue weighted by molar-refractivity contribution is 5.34. The molecule has 1 aromatic heterocycles. The van der Waals surface area contributed by atoms with Gasteiger partial charge in [-0.3, -0.25) is 0 Å². The molecule has 2 aliphatic carbocycles. The SMILES string of the molecule is COc1ccc([C@@H]2[C@H]3CCC[C@@H]3[C@H]2NCc2cnc(N(C)C)nc2)cc1. The van der Waals surface area contributed by atoms with Gasteiger partial charge in [-0.15, -0.1) is 0 Å². The van der Waals surface area contributed by atoms with Crippen molar-refractivity contribution < 1.29 is 4.74 Å². The van der Waals surface area contributed by atoms with Crippen molar-refractivity contribution in [3.05, 3.63) is 47.8 Å². The molecule has 5 nitrogen and oxygen atoms in total. The lowest BCUT2D eigenvalue weighted by molar-refractivity contribution is 0.0940. The zero-order chi connectivity index (χ0) is 18.1. The molecule has 0 bridgehead atoms. The van der Waals surface area contributed by atoms with Gasteiger partial charge in [0.2, 0.25) is 5.95 Å². The molecule has 4 atom stereocenters. The van der Waals surface area contributed by atoms with E-state index in [1.165, 1.54) is 24.8 Å². The second kappa shape index (κ2) is 7.23. The van der Waals surface area contributed by atoms with Crippen molar-refractivity contribution in [2.75, 3.05) is 26.1 Å². The Morgan fingerprint density at radius 1 is 1.08 bits per heavy atom. The van der Waals surface area contributed by atoms with Crippen LogP contribution in [0.1, 0.15) is 36.3 Å². The standard InChI is InChI=1S/C21H28N4O/c1-25(2)21-23-12-14(13-24-21)11-22-20-18-6-4-5-17(18)19(20)15-7-9-16(26-3)10-8-15/h7-10,12-13,17-20,22H,4-6,11H2,1-3H3/t17-,18-,19+,20+/m0/s1. The van der Waals surface area contributed by atoms with Crippen LogP contribution < -0.4 is 15.0 Å². The van der Waals surface area contributed by atoms with Crippen molar-refractivity contribution in [2.24, 2.45) is 11.8 Å². The van der Waals surface area contributed by atoms with Gasteiger partial charge in [0.05, 0.1) is 7.11 Å². The molecule has 2 aliphatic rings. The Hall–Kier alpha value is -2.14. The maximum absolute atomic E-state index is 5.31. The van der Waals surface area contributed by atoms with Crippen molar-refractivity contribution in [1.82, 2.24) is 15.3 Å². The van der Waals surface area contributed by atoms with E-state index in [1.54, 1.807) is 7.11 Å². The first-order valence-electron chi connectivity index (χ1n) is 9.53. The van der Waals surface area contributed by atoms with E-state index in [9.17, 15) is 0 Å². The molecular weight excluding hydrogens is 324 g/mol. The summed E-state index contributed by atoms with van der Waals surface area (Å²) in [6.07, 6.45) is 7.94. The van der Waals surface area contributed by atoms with Gasteiger partial charge in [0.25, 0.3) is 0 Å². The van der Waals surface area contributed by atoms with E-state index >= 15 is 0 Å². The molecule has 0 radical (unpaired) electrons. The van der Waals surface area contributed by atoms with Crippen molar-refractivity contribution in [1.29, 1.82) is 0 Å². The van der Waals surface area contributed by atoms with Gasteiger partial charge in [0.15, 0.2) is 0 Å². The topological polar surface area (TPSA) is 50.3 Å². The summed E-state index contributed by atoms with van der Waals surface area (Å²) >= 11 is 0. The van der Waals surface area contributed by atoms with Crippen molar-refractivity contribution >= 4 is 5.95 Å². The van der Waals surface area contributed by atoms with Crippen LogP contribution >= 0.6 is 0 Å². The largest absolute Gasteiger partial charge is 0.497 e. The average molecular weight is 352 g/mol. The number of aromatic nitrogens is 2. The normalized spacial score (nSPS) is 26.9. The van der Waals surface area contributed by atoms with Gasteiger partial charge < -0.3 is 15.0 Å². The van der Waals surface area contributed by atoms with Gasteiger partial charge in [0, 0.05) is 50.6 Å². The molecule has 2 fully saturated rings. The quantitative estimate of drug-likeness (QED) is 0.865. The Labute approximate surface area is 155 Å². The fourth-order valence-corrected chi connectivity index (χ4v) is 4.76. The minimum atomic E-state index is 0.546. The van der Waals surface area contributed by atoms with Crippen molar-refractivity contribution in [2.45, 2.75) is 37.8 Å². The van der Waals surface area contributed by atoms with Crippen LogP contribution in [0.15, 0.2) is 36.7 Å². The lowest BCUT2D eigenvalue weighted by Gasteiger charge is -2.50. The Morgan fingerprint density at radius 2 is 1.77 bits per heavy atom. The maximum Gasteiger partial charge on any atom is 0.224 e. The molecule has 0 unspecified atom stereocenters. The van der Waals surface area contributed by atoms with Crippen LogP contribution in [0.4, 0.5) is 5.95 Å². The fourth-order valence-electron chi connectivity index (χ4n) is 4.76. The zero-order valence-corrected chi connectivity index (χ0v) is 15.9. The first kappa shape index (κ1) is 17.3. The van der Waals surface area contributed by atoms with E-state index in [2.05, 4.69) is 39.6 Å². The second-order valence-electron chi connectivity index (χ2n) is 7.75. The van der Waals surface area contributed by atoms with Gasteiger partial charge in [-0.25, -0.2) is 9.97 Å². The predicted octanol–water partition coefficient (Wildman–Crippen LogP) is 3.22. The number of anilines is 1. The fraction of sp³-hybridized carbons (Fsp3) is 0.524. The van der Waals surface area contributed by atoms with Crippen LogP contribution in [0.3, 0.4) is 0 Å². The third kappa shape index (κ3) is 3.16. The number of hydrogen-bond donors (Lipinski definition) is 1. The number of methoxy groups -OCH3 is 1. The number of nitrogens with one attached hydrogen (secondary N) is 1. The molecule has 1 heterocycles. The predicted molar refractivity (Wildman–Crippen MR) is 104 cm³/mol. The van der Waals surface area contributed by atoms with E-state index in [-0.39, 0.29) is 0 Å². The Balaban J connectivity index is 1.45. The van der Waals surface area contributed by atoms with Crippen LogP contribution in [0.5, 0.6) is 5.75 Å². The summed E-state index contributed by atoms with van der Waals surface area (Å²) < 4.78 is 5.31. The molecule has 0 spiro atoms. The summed E-state index contributed by atoms with van der Waals surface area (Å²) in [5.74, 6) is 3.93. The molecule has 0 amide bonds. The van der Waals surface area contributed by atoms with Gasteiger partial charge in [-0.2, -0.15) is 0 Å². The van der Waals surface area contributed by atoms with Crippen LogP contribution in [-0.2, 0) is 6.54 Å². The maximum atomic E-state index is 5.31. The van der Waals surface area contributed by atoms with Crippen molar-refractivity contribution in [3.63, 3.8) is 0 Å². The molecule has 0 aliphatic heterocycles. The van der Waals surface area contributed by atoms with E-state index in [1.807, 2.05) is 31.4 Å². The van der Waals surface area contributed by atoms with Gasteiger partial charge in [-0.05, 0) is 42.4 Å². The monoisotopic (exact) mass is 352 g/mol. The smallest absolute Gasteiger partial charge is 0.224 e. The highest BCUT2D eigenvalue weighted by Gasteiger charge is 2.52. The highest BCUT2D eigenvalue weighted by Crippen LogP contribution is 2.56. The van der Waals surface area contributed by atoms with Gasteiger partial charge in [0.1, 0.15) is 5.75 Å². The Bertz CT molecular complexity index is 729. The number of benzene rings is 1. The number of nitrogens with zero attached hydrogens (tertiary/aromatic N) is 3. The third-order valence-electron chi connectivity index (χ3n) is 6.07. The average Bonchev–Trinajstić information content (AvgIpc) is 3.06. The minimum absolute atomic E-state index is 0.546.